The molecule has 3 aromatic heterocycles. The van der Waals surface area contributed by atoms with E-state index in [4.69, 9.17) is 4.74 Å². The van der Waals surface area contributed by atoms with Crippen molar-refractivity contribution >= 4 is 40.8 Å². The molecule has 0 aliphatic heterocycles. The molecular weight excluding hydrogens is 392 g/mol. The fourth-order valence-corrected chi connectivity index (χ4v) is 4.23. The van der Waals surface area contributed by atoms with Gasteiger partial charge in [0.2, 0.25) is 0 Å². The van der Waals surface area contributed by atoms with Crippen molar-refractivity contribution in [1.29, 1.82) is 0 Å². The molecule has 0 amide bonds. The summed E-state index contributed by atoms with van der Waals surface area (Å²) in [5.41, 5.74) is 1.46. The van der Waals surface area contributed by atoms with Crippen LogP contribution in [0.2, 0.25) is 0 Å². The van der Waals surface area contributed by atoms with Gasteiger partial charge in [0, 0.05) is 9.75 Å². The van der Waals surface area contributed by atoms with Gasteiger partial charge in [-0.3, -0.25) is 0 Å². The number of benzene rings is 1. The quantitative estimate of drug-likeness (QED) is 0.429. The number of carbonyl (C=O) groups excluding carboxylic acids is 1. The molecule has 140 valence electrons. The highest BCUT2D eigenvalue weighted by Crippen LogP contribution is 2.32. The van der Waals surface area contributed by atoms with E-state index in [1.165, 1.54) is 14.6 Å². The van der Waals surface area contributed by atoms with Crippen LogP contribution in [0.3, 0.4) is 0 Å². The van der Waals surface area contributed by atoms with Gasteiger partial charge in [-0.1, -0.05) is 24.3 Å². The summed E-state index contributed by atoms with van der Waals surface area (Å²) in [5, 5.41) is 15.6. The average molecular weight is 409 g/mol. The Morgan fingerprint density at radius 1 is 1.11 bits per heavy atom. The van der Waals surface area contributed by atoms with Gasteiger partial charge in [-0.2, -0.15) is 0 Å². The molecule has 0 saturated carbocycles. The van der Waals surface area contributed by atoms with E-state index in [9.17, 15) is 4.79 Å². The summed E-state index contributed by atoms with van der Waals surface area (Å²) in [6.07, 6.45) is 3.67. The Bertz CT molecular complexity index is 1100. The first kappa shape index (κ1) is 18.3. The number of thiophene rings is 2. The number of rotatable bonds is 6. The molecule has 0 radical (unpaired) electrons. The second kappa shape index (κ2) is 8.28. The summed E-state index contributed by atoms with van der Waals surface area (Å²) in [4.78, 5) is 15.6. The van der Waals surface area contributed by atoms with Crippen LogP contribution in [0.25, 0.3) is 26.9 Å². The molecule has 4 rings (SSSR count). The highest BCUT2D eigenvalue weighted by Gasteiger charge is 2.08. The lowest BCUT2D eigenvalue weighted by molar-refractivity contribution is 0.0526. The second-order valence-corrected chi connectivity index (χ2v) is 7.74. The molecule has 0 aliphatic rings. The van der Waals surface area contributed by atoms with Gasteiger partial charge in [0.15, 0.2) is 5.82 Å². The molecule has 8 heteroatoms. The van der Waals surface area contributed by atoms with Gasteiger partial charge in [0.05, 0.1) is 12.2 Å². The number of nitrogens with zero attached hydrogens (tertiary/aromatic N) is 4. The third-order valence-corrected chi connectivity index (χ3v) is 5.95. The van der Waals surface area contributed by atoms with Crippen LogP contribution in [0.1, 0.15) is 28.7 Å². The summed E-state index contributed by atoms with van der Waals surface area (Å²) >= 11 is 3.33. The fourth-order valence-electron chi connectivity index (χ4n) is 2.49. The molecule has 0 saturated heterocycles. The van der Waals surface area contributed by atoms with Gasteiger partial charge >= 0.3 is 5.97 Å². The van der Waals surface area contributed by atoms with Crippen molar-refractivity contribution in [3.05, 3.63) is 70.9 Å². The molecule has 0 spiro atoms. The Hall–Kier alpha value is -3.10. The zero-order chi connectivity index (χ0) is 19.3. The normalized spacial score (nSPS) is 11.2. The molecule has 0 N–H and O–H groups in total. The van der Waals surface area contributed by atoms with Crippen LogP contribution >= 0.6 is 22.7 Å². The van der Waals surface area contributed by atoms with Gasteiger partial charge in [-0.15, -0.1) is 37.7 Å². The van der Waals surface area contributed by atoms with Crippen molar-refractivity contribution < 1.29 is 9.53 Å². The Kier molecular flexibility index (Phi) is 5.41. The summed E-state index contributed by atoms with van der Waals surface area (Å²) in [6, 6.07) is 15.4. The van der Waals surface area contributed by atoms with Gasteiger partial charge in [0.1, 0.15) is 5.00 Å². The van der Waals surface area contributed by atoms with E-state index in [0.29, 0.717) is 18.0 Å². The van der Waals surface area contributed by atoms with Gasteiger partial charge in [0.25, 0.3) is 0 Å². The molecule has 4 aromatic rings. The van der Waals surface area contributed by atoms with Crippen LogP contribution in [0.5, 0.6) is 0 Å². The molecule has 0 aliphatic carbocycles. The second-order valence-electron chi connectivity index (χ2n) is 5.73. The summed E-state index contributed by atoms with van der Waals surface area (Å²) < 4.78 is 4.98. The number of esters is 1. The molecule has 28 heavy (non-hydrogen) atoms. The minimum Gasteiger partial charge on any atom is -0.462 e. The van der Waals surface area contributed by atoms with Crippen molar-refractivity contribution in [2.24, 2.45) is 0 Å². The first-order valence-electron chi connectivity index (χ1n) is 8.62. The number of ether oxygens (including phenoxy) is 1. The van der Waals surface area contributed by atoms with Gasteiger partial charge in [-0.25, -0.2) is 4.79 Å². The van der Waals surface area contributed by atoms with Crippen molar-refractivity contribution in [1.82, 2.24) is 20.2 Å². The molecule has 0 atom stereocenters. The molecule has 3 heterocycles. The van der Waals surface area contributed by atoms with Crippen LogP contribution in [0.15, 0.2) is 53.9 Å². The lowest BCUT2D eigenvalue weighted by Crippen LogP contribution is -2.03. The van der Waals surface area contributed by atoms with Gasteiger partial charge < -0.3 is 4.74 Å². The average Bonchev–Trinajstić information content (AvgIpc) is 3.48. The van der Waals surface area contributed by atoms with E-state index in [1.807, 2.05) is 30.3 Å². The smallest absolute Gasteiger partial charge is 0.338 e. The number of aromatic nitrogens is 4. The maximum atomic E-state index is 11.7. The van der Waals surface area contributed by atoms with E-state index >= 15 is 0 Å². The summed E-state index contributed by atoms with van der Waals surface area (Å²) in [5.74, 6) is 0.195. The lowest BCUT2D eigenvalue weighted by atomic mass is 10.1. The van der Waals surface area contributed by atoms with Crippen LogP contribution in [-0.4, -0.2) is 32.8 Å². The Labute approximate surface area is 169 Å². The van der Waals surface area contributed by atoms with Crippen LogP contribution in [0.4, 0.5) is 0 Å². The molecule has 0 bridgehead atoms. The van der Waals surface area contributed by atoms with Crippen LogP contribution in [-0.2, 0) is 4.74 Å². The Morgan fingerprint density at radius 2 is 1.96 bits per heavy atom. The standard InChI is InChI=1S/C20H16N4O2S2/c1-2-26-20(25)15-8-5-14(6-9-15)7-11-18-21-23-24(22-18)19-12-10-17(28-19)16-4-3-13-27-16/h3-13H,2H2,1H3/b11-7+. The third kappa shape index (κ3) is 4.08. The number of carbonyl (C=O) groups is 1. The van der Waals surface area contributed by atoms with Crippen molar-refractivity contribution in [3.8, 4) is 14.8 Å². The highest BCUT2D eigenvalue weighted by molar-refractivity contribution is 7.22. The fraction of sp³-hybridized carbons (Fsp3) is 0.100. The minimum absolute atomic E-state index is 0.319. The number of hydrogen-bond donors (Lipinski definition) is 0. The largest absolute Gasteiger partial charge is 0.462 e. The van der Waals surface area contributed by atoms with Crippen molar-refractivity contribution in [2.75, 3.05) is 6.61 Å². The van der Waals surface area contributed by atoms with Crippen LogP contribution in [0, 0.1) is 0 Å². The monoisotopic (exact) mass is 408 g/mol. The number of hydrogen-bond acceptors (Lipinski definition) is 7. The predicted octanol–water partition coefficient (Wildman–Crippen LogP) is 4.80. The van der Waals surface area contributed by atoms with E-state index in [-0.39, 0.29) is 5.97 Å². The topological polar surface area (TPSA) is 69.9 Å². The zero-order valence-electron chi connectivity index (χ0n) is 15.0. The first-order chi connectivity index (χ1) is 13.7. The summed E-state index contributed by atoms with van der Waals surface area (Å²) in [6.45, 7) is 2.15. The number of tetrazole rings is 1. The maximum Gasteiger partial charge on any atom is 0.338 e. The van der Waals surface area contributed by atoms with E-state index in [2.05, 4.69) is 32.9 Å². The highest BCUT2D eigenvalue weighted by atomic mass is 32.1. The molecule has 6 nitrogen and oxygen atoms in total. The summed E-state index contributed by atoms with van der Waals surface area (Å²) in [7, 11) is 0. The van der Waals surface area contributed by atoms with E-state index < -0.39 is 0 Å². The molecule has 0 fully saturated rings. The van der Waals surface area contributed by atoms with Crippen LogP contribution < -0.4 is 0 Å². The van der Waals surface area contributed by atoms with E-state index in [0.717, 1.165) is 10.6 Å². The Balaban J connectivity index is 1.45. The molecule has 0 unspecified atom stereocenters. The Morgan fingerprint density at radius 3 is 2.71 bits per heavy atom. The van der Waals surface area contributed by atoms with Crippen molar-refractivity contribution in [3.63, 3.8) is 0 Å². The maximum absolute atomic E-state index is 11.7. The molecular formula is C20H16N4O2S2. The zero-order valence-corrected chi connectivity index (χ0v) is 16.6. The predicted molar refractivity (Wildman–Crippen MR) is 112 cm³/mol. The van der Waals surface area contributed by atoms with E-state index in [1.54, 1.807) is 47.8 Å². The SMILES string of the molecule is CCOC(=O)c1ccc(/C=C/c2nnn(-c3ccc(-c4cccs4)s3)n2)cc1. The minimum atomic E-state index is -0.319. The van der Waals surface area contributed by atoms with Gasteiger partial charge in [-0.05, 0) is 59.5 Å². The third-order valence-electron chi connectivity index (χ3n) is 3.83. The van der Waals surface area contributed by atoms with Crippen molar-refractivity contribution in [2.45, 2.75) is 6.92 Å². The lowest BCUT2D eigenvalue weighted by Gasteiger charge is -2.01. The first-order valence-corrected chi connectivity index (χ1v) is 10.3. The molecule has 1 aromatic carbocycles.